The number of ether oxygens (including phenoxy) is 1. The third-order valence-electron chi connectivity index (χ3n) is 2.55. The highest BCUT2D eigenvalue weighted by molar-refractivity contribution is 6.35. The molecule has 2 rings (SSSR count). The van der Waals surface area contributed by atoms with E-state index in [0.717, 1.165) is 5.56 Å². The Labute approximate surface area is 127 Å². The van der Waals surface area contributed by atoms with Crippen molar-refractivity contribution in [1.82, 2.24) is 0 Å². The van der Waals surface area contributed by atoms with E-state index in [1.165, 1.54) is 0 Å². The molecule has 0 aliphatic rings. The van der Waals surface area contributed by atoms with Gasteiger partial charge in [-0.2, -0.15) is 0 Å². The molecule has 2 aromatic rings. The van der Waals surface area contributed by atoms with Crippen molar-refractivity contribution < 1.29 is 9.84 Å². The quantitative estimate of drug-likeness (QED) is 0.871. The van der Waals surface area contributed by atoms with Crippen LogP contribution in [0.5, 0.6) is 5.75 Å². The van der Waals surface area contributed by atoms with Gasteiger partial charge in [-0.1, -0.05) is 53.2 Å². The lowest BCUT2D eigenvalue weighted by Gasteiger charge is -2.10. The van der Waals surface area contributed by atoms with Crippen LogP contribution < -0.4 is 4.74 Å². The van der Waals surface area contributed by atoms with Crippen LogP contribution in [0.25, 0.3) is 0 Å². The summed E-state index contributed by atoms with van der Waals surface area (Å²) in [6, 6.07) is 12.8. The Bertz CT molecular complexity index is 643. The number of benzene rings is 2. The first kappa shape index (κ1) is 14.7. The minimum Gasteiger partial charge on any atom is -0.479 e. The maximum atomic E-state index is 9.27. The third kappa shape index (κ3) is 3.91. The topological polar surface area (TPSA) is 29.5 Å². The molecule has 102 valence electrons. The molecule has 4 heteroatoms. The molecule has 2 aromatic carbocycles. The van der Waals surface area contributed by atoms with Crippen molar-refractivity contribution in [3.63, 3.8) is 0 Å². The molecule has 0 aliphatic heterocycles. The van der Waals surface area contributed by atoms with Gasteiger partial charge in [0.05, 0.1) is 11.6 Å². The minimum atomic E-state index is -0.193. The number of hydrogen-bond acceptors (Lipinski definition) is 2. The van der Waals surface area contributed by atoms with Crippen molar-refractivity contribution in [2.45, 2.75) is 6.61 Å². The van der Waals surface area contributed by atoms with Crippen molar-refractivity contribution in [1.29, 1.82) is 0 Å². The van der Waals surface area contributed by atoms with Gasteiger partial charge in [-0.25, -0.2) is 0 Å². The second-order valence-electron chi connectivity index (χ2n) is 3.99. The molecule has 0 aliphatic carbocycles. The van der Waals surface area contributed by atoms with Crippen LogP contribution in [0.3, 0.4) is 0 Å². The molecule has 0 bridgehead atoms. The average Bonchev–Trinajstić information content (AvgIpc) is 2.45. The number of aliphatic hydroxyl groups is 1. The summed E-state index contributed by atoms with van der Waals surface area (Å²) in [4.78, 5) is 0. The smallest absolute Gasteiger partial charge is 0.149 e. The van der Waals surface area contributed by atoms with Gasteiger partial charge >= 0.3 is 0 Å². The van der Waals surface area contributed by atoms with E-state index in [9.17, 15) is 5.11 Å². The van der Waals surface area contributed by atoms with Gasteiger partial charge < -0.3 is 9.84 Å². The standard InChI is InChI=1S/C16H12Cl2O2/c17-14-9-13(11-19)16(15(18)10-14)20-8-4-7-12-5-2-1-3-6-12/h1-3,5-6,9-10,19H,8,11H2. The number of aliphatic hydroxyl groups excluding tert-OH is 1. The average molecular weight is 307 g/mol. The molecule has 0 aromatic heterocycles. The van der Waals surface area contributed by atoms with Crippen molar-refractivity contribution in [3.05, 3.63) is 63.6 Å². The summed E-state index contributed by atoms with van der Waals surface area (Å²) < 4.78 is 5.51. The molecule has 1 N–H and O–H groups in total. The molecule has 0 saturated carbocycles. The normalized spacial score (nSPS) is 9.75. The first-order valence-corrected chi connectivity index (χ1v) is 6.72. The maximum Gasteiger partial charge on any atom is 0.149 e. The highest BCUT2D eigenvalue weighted by Gasteiger charge is 2.09. The van der Waals surface area contributed by atoms with E-state index in [-0.39, 0.29) is 13.2 Å². The van der Waals surface area contributed by atoms with E-state index in [4.69, 9.17) is 27.9 Å². The zero-order valence-electron chi connectivity index (χ0n) is 10.6. The Morgan fingerprint density at radius 1 is 1.10 bits per heavy atom. The predicted octanol–water partition coefficient (Wildman–Crippen LogP) is 3.92. The van der Waals surface area contributed by atoms with Crippen LogP contribution in [0.15, 0.2) is 42.5 Å². The summed E-state index contributed by atoms with van der Waals surface area (Å²) in [5.74, 6) is 6.29. The molecule has 0 atom stereocenters. The van der Waals surface area contributed by atoms with Crippen LogP contribution in [0.2, 0.25) is 10.0 Å². The second kappa shape index (κ2) is 7.21. The fraction of sp³-hybridized carbons (Fsp3) is 0.125. The van der Waals surface area contributed by atoms with Crippen LogP contribution in [0, 0.1) is 11.8 Å². The van der Waals surface area contributed by atoms with Crippen molar-refractivity contribution >= 4 is 23.2 Å². The Hall–Kier alpha value is -1.66. The molecular weight excluding hydrogens is 295 g/mol. The summed E-state index contributed by atoms with van der Waals surface area (Å²) in [6.07, 6.45) is 0. The van der Waals surface area contributed by atoms with Crippen LogP contribution >= 0.6 is 23.2 Å². The zero-order chi connectivity index (χ0) is 14.4. The van der Waals surface area contributed by atoms with E-state index in [2.05, 4.69) is 11.8 Å². The lowest BCUT2D eigenvalue weighted by atomic mass is 10.2. The largest absolute Gasteiger partial charge is 0.479 e. The zero-order valence-corrected chi connectivity index (χ0v) is 12.1. The van der Waals surface area contributed by atoms with Crippen molar-refractivity contribution in [2.75, 3.05) is 6.61 Å². The van der Waals surface area contributed by atoms with E-state index < -0.39 is 0 Å². The Morgan fingerprint density at radius 2 is 1.85 bits per heavy atom. The molecular formula is C16H12Cl2O2. The summed E-state index contributed by atoms with van der Waals surface area (Å²) in [6.45, 7) is -0.00895. The van der Waals surface area contributed by atoms with E-state index in [0.29, 0.717) is 21.4 Å². The van der Waals surface area contributed by atoms with Gasteiger partial charge in [-0.05, 0) is 24.3 Å². The fourth-order valence-electron chi connectivity index (χ4n) is 1.66. The second-order valence-corrected chi connectivity index (χ2v) is 4.83. The van der Waals surface area contributed by atoms with Crippen LogP contribution in [-0.4, -0.2) is 11.7 Å². The van der Waals surface area contributed by atoms with Gasteiger partial charge in [0.1, 0.15) is 12.4 Å². The van der Waals surface area contributed by atoms with Crippen molar-refractivity contribution in [2.24, 2.45) is 0 Å². The predicted molar refractivity (Wildman–Crippen MR) is 81.2 cm³/mol. The summed E-state index contributed by atoms with van der Waals surface area (Å²) >= 11 is 11.9. The monoisotopic (exact) mass is 306 g/mol. The first-order valence-electron chi connectivity index (χ1n) is 5.96. The van der Waals surface area contributed by atoms with E-state index in [1.54, 1.807) is 12.1 Å². The third-order valence-corrected chi connectivity index (χ3v) is 3.05. The summed E-state index contributed by atoms with van der Waals surface area (Å²) in [5.41, 5.74) is 1.46. The Morgan fingerprint density at radius 3 is 2.55 bits per heavy atom. The Balaban J connectivity index is 2.07. The number of hydrogen-bond donors (Lipinski definition) is 1. The summed E-state index contributed by atoms with van der Waals surface area (Å²) in [5, 5.41) is 10.1. The Kier molecular flexibility index (Phi) is 5.31. The minimum absolute atomic E-state index is 0.184. The molecule has 0 amide bonds. The molecule has 0 spiro atoms. The molecule has 0 saturated heterocycles. The van der Waals surface area contributed by atoms with Crippen molar-refractivity contribution in [3.8, 4) is 17.6 Å². The maximum absolute atomic E-state index is 9.27. The van der Waals surface area contributed by atoms with Gasteiger partial charge in [-0.15, -0.1) is 0 Å². The van der Waals surface area contributed by atoms with E-state index >= 15 is 0 Å². The SMILES string of the molecule is OCc1cc(Cl)cc(Cl)c1OCC#Cc1ccccc1. The highest BCUT2D eigenvalue weighted by atomic mass is 35.5. The van der Waals surface area contributed by atoms with Gasteiger partial charge in [0.2, 0.25) is 0 Å². The first-order chi connectivity index (χ1) is 9.70. The van der Waals surface area contributed by atoms with Crippen LogP contribution in [0.1, 0.15) is 11.1 Å². The molecule has 20 heavy (non-hydrogen) atoms. The van der Waals surface area contributed by atoms with E-state index in [1.807, 2.05) is 30.3 Å². The number of halogens is 2. The van der Waals surface area contributed by atoms with Gasteiger partial charge in [0.15, 0.2) is 0 Å². The van der Waals surface area contributed by atoms with Gasteiger partial charge in [0.25, 0.3) is 0 Å². The molecule has 2 nitrogen and oxygen atoms in total. The molecule has 0 heterocycles. The molecule has 0 fully saturated rings. The molecule has 0 radical (unpaired) electrons. The fourth-order valence-corrected chi connectivity index (χ4v) is 2.25. The lowest BCUT2D eigenvalue weighted by molar-refractivity contribution is 0.270. The van der Waals surface area contributed by atoms with Gasteiger partial charge in [0, 0.05) is 16.1 Å². The number of rotatable bonds is 3. The lowest BCUT2D eigenvalue weighted by Crippen LogP contribution is -1.99. The van der Waals surface area contributed by atoms with Gasteiger partial charge in [-0.3, -0.25) is 0 Å². The molecule has 0 unspecified atom stereocenters. The van der Waals surface area contributed by atoms with Crippen LogP contribution in [0.4, 0.5) is 0 Å². The van der Waals surface area contributed by atoms with Crippen LogP contribution in [-0.2, 0) is 6.61 Å². The highest BCUT2D eigenvalue weighted by Crippen LogP contribution is 2.32. The summed E-state index contributed by atoms with van der Waals surface area (Å²) in [7, 11) is 0.